The molecule has 0 saturated carbocycles. The van der Waals surface area contributed by atoms with Gasteiger partial charge in [0.15, 0.2) is 0 Å². The summed E-state index contributed by atoms with van der Waals surface area (Å²) in [7, 11) is 1.74. The first-order chi connectivity index (χ1) is 15.4. The summed E-state index contributed by atoms with van der Waals surface area (Å²) in [6.07, 6.45) is 0. The highest BCUT2D eigenvalue weighted by Gasteiger charge is 2.20. The van der Waals surface area contributed by atoms with Gasteiger partial charge in [0.05, 0.1) is 18.3 Å². The lowest BCUT2D eigenvalue weighted by Crippen LogP contribution is -2.43. The van der Waals surface area contributed by atoms with Crippen molar-refractivity contribution in [2.45, 2.75) is 19.6 Å². The Labute approximate surface area is 196 Å². The van der Waals surface area contributed by atoms with Gasteiger partial charge in [0.1, 0.15) is 12.4 Å². The highest BCUT2D eigenvalue weighted by Crippen LogP contribution is 2.21. The van der Waals surface area contributed by atoms with Gasteiger partial charge in [-0.2, -0.15) is 0 Å². The van der Waals surface area contributed by atoms with E-state index in [2.05, 4.69) is 26.6 Å². The van der Waals surface area contributed by atoms with E-state index in [4.69, 9.17) is 4.74 Å². The van der Waals surface area contributed by atoms with Crippen LogP contribution in [-0.2, 0) is 16.2 Å². The average Bonchev–Trinajstić information content (AvgIpc) is 2.80. The van der Waals surface area contributed by atoms with Gasteiger partial charge in [-0.05, 0) is 71.9 Å². The topological polar surface area (TPSA) is 70.7 Å². The first-order valence-electron chi connectivity index (χ1n) is 10.2. The normalized spacial score (nSPS) is 11.6. The molecule has 3 aromatic rings. The zero-order valence-electron chi connectivity index (χ0n) is 18.0. The van der Waals surface area contributed by atoms with Gasteiger partial charge in [-0.3, -0.25) is 14.5 Å². The van der Waals surface area contributed by atoms with Crippen LogP contribution in [0.2, 0.25) is 0 Å². The number of para-hydroxylation sites is 1. The lowest BCUT2D eigenvalue weighted by Gasteiger charge is -2.23. The number of halogens is 1. The molecule has 0 aromatic heterocycles. The predicted octanol–water partition coefficient (Wildman–Crippen LogP) is 4.93. The number of ether oxygens (including phenoxy) is 1. The Kier molecular flexibility index (Phi) is 8.41. The minimum atomic E-state index is -0.492. The van der Waals surface area contributed by atoms with E-state index < -0.39 is 6.04 Å². The number of carbonyl (C=O) groups excluding carboxylic acids is 2. The lowest BCUT2D eigenvalue weighted by molar-refractivity contribution is -0.122. The standard InChI is InChI=1S/C25H26BrN3O3/c1-18(29(2)16-24(30)28-23-11-7-6-10-22(23)26)25(31)27-20-12-14-21(15-13-20)32-17-19-8-4-3-5-9-19/h3-15,18H,16-17H2,1-2H3,(H,27,31)(H,28,30). The fourth-order valence-electron chi connectivity index (χ4n) is 2.94. The SMILES string of the molecule is CC(C(=O)Nc1ccc(OCc2ccccc2)cc1)N(C)CC(=O)Nc1ccccc1Br. The smallest absolute Gasteiger partial charge is 0.241 e. The number of anilines is 2. The van der Waals surface area contributed by atoms with E-state index in [-0.39, 0.29) is 18.4 Å². The molecular weight excluding hydrogens is 470 g/mol. The van der Waals surface area contributed by atoms with Crippen molar-refractivity contribution in [2.24, 2.45) is 0 Å². The molecular formula is C25H26BrN3O3. The van der Waals surface area contributed by atoms with E-state index in [0.717, 1.165) is 15.8 Å². The molecule has 0 bridgehead atoms. The summed E-state index contributed by atoms with van der Waals surface area (Å²) in [6.45, 7) is 2.33. The maximum atomic E-state index is 12.6. The minimum absolute atomic E-state index is 0.0855. The van der Waals surface area contributed by atoms with Gasteiger partial charge in [0.2, 0.25) is 11.8 Å². The third-order valence-corrected chi connectivity index (χ3v) is 5.64. The van der Waals surface area contributed by atoms with Crippen LogP contribution in [0, 0.1) is 0 Å². The maximum absolute atomic E-state index is 12.6. The van der Waals surface area contributed by atoms with E-state index in [9.17, 15) is 9.59 Å². The molecule has 32 heavy (non-hydrogen) atoms. The van der Waals surface area contributed by atoms with Gasteiger partial charge in [-0.25, -0.2) is 0 Å². The van der Waals surface area contributed by atoms with Crippen LogP contribution in [0.4, 0.5) is 11.4 Å². The molecule has 7 heteroatoms. The molecule has 0 spiro atoms. The van der Waals surface area contributed by atoms with Crippen molar-refractivity contribution in [1.29, 1.82) is 0 Å². The van der Waals surface area contributed by atoms with Crippen LogP contribution in [0.5, 0.6) is 5.75 Å². The molecule has 0 radical (unpaired) electrons. The van der Waals surface area contributed by atoms with Crippen molar-refractivity contribution < 1.29 is 14.3 Å². The van der Waals surface area contributed by atoms with Crippen molar-refractivity contribution in [2.75, 3.05) is 24.2 Å². The number of hydrogen-bond acceptors (Lipinski definition) is 4. The Balaban J connectivity index is 1.47. The van der Waals surface area contributed by atoms with E-state index in [1.165, 1.54) is 0 Å². The highest BCUT2D eigenvalue weighted by molar-refractivity contribution is 9.10. The number of nitrogens with one attached hydrogen (secondary N) is 2. The second kappa shape index (κ2) is 11.5. The third-order valence-electron chi connectivity index (χ3n) is 4.95. The van der Waals surface area contributed by atoms with Gasteiger partial charge in [-0.1, -0.05) is 42.5 Å². The molecule has 1 unspecified atom stereocenters. The molecule has 166 valence electrons. The molecule has 0 heterocycles. The van der Waals surface area contributed by atoms with Crippen LogP contribution in [-0.4, -0.2) is 36.3 Å². The monoisotopic (exact) mass is 495 g/mol. The van der Waals surface area contributed by atoms with E-state index in [0.29, 0.717) is 18.0 Å². The largest absolute Gasteiger partial charge is 0.489 e. The van der Waals surface area contributed by atoms with Gasteiger partial charge in [-0.15, -0.1) is 0 Å². The van der Waals surface area contributed by atoms with Crippen LogP contribution in [0.15, 0.2) is 83.3 Å². The number of likely N-dealkylation sites (N-methyl/N-ethyl adjacent to an activating group) is 1. The second-order valence-corrected chi connectivity index (χ2v) is 8.26. The Hall–Kier alpha value is -3.16. The van der Waals surface area contributed by atoms with E-state index in [1.807, 2.05) is 66.7 Å². The van der Waals surface area contributed by atoms with Crippen molar-refractivity contribution in [3.05, 3.63) is 88.9 Å². The molecule has 1 atom stereocenters. The molecule has 3 aromatic carbocycles. The Morgan fingerprint density at radius 3 is 2.28 bits per heavy atom. The summed E-state index contributed by atoms with van der Waals surface area (Å²) < 4.78 is 6.57. The first kappa shape index (κ1) is 23.5. The molecule has 2 amide bonds. The number of carbonyl (C=O) groups is 2. The van der Waals surface area contributed by atoms with Crippen molar-refractivity contribution in [3.63, 3.8) is 0 Å². The number of rotatable bonds is 9. The van der Waals surface area contributed by atoms with Crippen LogP contribution in [0.1, 0.15) is 12.5 Å². The van der Waals surface area contributed by atoms with Crippen LogP contribution < -0.4 is 15.4 Å². The van der Waals surface area contributed by atoms with Crippen molar-refractivity contribution in [1.82, 2.24) is 4.90 Å². The molecule has 2 N–H and O–H groups in total. The highest BCUT2D eigenvalue weighted by atomic mass is 79.9. The van der Waals surface area contributed by atoms with Gasteiger partial charge in [0, 0.05) is 10.2 Å². The Bertz CT molecular complexity index is 1040. The molecule has 6 nitrogen and oxygen atoms in total. The lowest BCUT2D eigenvalue weighted by atomic mass is 10.2. The van der Waals surface area contributed by atoms with Gasteiger partial charge >= 0.3 is 0 Å². The number of benzene rings is 3. The fourth-order valence-corrected chi connectivity index (χ4v) is 3.32. The van der Waals surface area contributed by atoms with Crippen molar-refractivity contribution >= 4 is 39.1 Å². The summed E-state index contributed by atoms with van der Waals surface area (Å²) in [5, 5.41) is 5.72. The van der Waals surface area contributed by atoms with Gasteiger partial charge in [0.25, 0.3) is 0 Å². The summed E-state index contributed by atoms with van der Waals surface area (Å²) in [5.74, 6) is 0.332. The maximum Gasteiger partial charge on any atom is 0.241 e. The molecule has 0 aliphatic rings. The van der Waals surface area contributed by atoms with Gasteiger partial charge < -0.3 is 15.4 Å². The Morgan fingerprint density at radius 2 is 1.59 bits per heavy atom. The molecule has 0 aliphatic carbocycles. The predicted molar refractivity (Wildman–Crippen MR) is 131 cm³/mol. The quantitative estimate of drug-likeness (QED) is 0.441. The van der Waals surface area contributed by atoms with Crippen molar-refractivity contribution in [3.8, 4) is 5.75 Å². The van der Waals surface area contributed by atoms with Crippen LogP contribution in [0.3, 0.4) is 0 Å². The number of hydrogen-bond donors (Lipinski definition) is 2. The number of amides is 2. The second-order valence-electron chi connectivity index (χ2n) is 7.41. The summed E-state index contributed by atoms with van der Waals surface area (Å²) >= 11 is 3.41. The fraction of sp³-hybridized carbons (Fsp3) is 0.200. The molecule has 0 saturated heterocycles. The number of nitrogens with zero attached hydrogens (tertiary/aromatic N) is 1. The molecule has 0 fully saturated rings. The summed E-state index contributed by atoms with van der Waals surface area (Å²) in [4.78, 5) is 26.7. The first-order valence-corrected chi connectivity index (χ1v) is 11.0. The summed E-state index contributed by atoms with van der Waals surface area (Å²) in [6, 6.07) is 24.0. The minimum Gasteiger partial charge on any atom is -0.489 e. The Morgan fingerprint density at radius 1 is 0.938 bits per heavy atom. The summed E-state index contributed by atoms with van der Waals surface area (Å²) in [5.41, 5.74) is 2.45. The average molecular weight is 496 g/mol. The zero-order valence-corrected chi connectivity index (χ0v) is 19.6. The molecule has 0 aliphatic heterocycles. The van der Waals surface area contributed by atoms with Crippen LogP contribution in [0.25, 0.3) is 0 Å². The van der Waals surface area contributed by atoms with Crippen LogP contribution >= 0.6 is 15.9 Å². The van der Waals surface area contributed by atoms with E-state index >= 15 is 0 Å². The molecule has 3 rings (SSSR count). The third kappa shape index (κ3) is 6.93. The van der Waals surface area contributed by atoms with E-state index in [1.54, 1.807) is 31.0 Å². The zero-order chi connectivity index (χ0) is 22.9.